The van der Waals surface area contributed by atoms with Crippen LogP contribution in [0.3, 0.4) is 0 Å². The zero-order valence-electron chi connectivity index (χ0n) is 5.81. The van der Waals surface area contributed by atoms with Gasteiger partial charge in [-0.1, -0.05) is 6.08 Å². The van der Waals surface area contributed by atoms with E-state index in [0.717, 1.165) is 0 Å². The molecule has 0 radical (unpaired) electrons. The van der Waals surface area contributed by atoms with Gasteiger partial charge in [-0.2, -0.15) is 0 Å². The second-order valence-electron chi connectivity index (χ2n) is 1.88. The number of nitrogens with two attached hydrogens (primary N) is 1. The highest BCUT2D eigenvalue weighted by molar-refractivity contribution is 4.98. The molecular weight excluding hydrogens is 100 g/mol. The van der Waals surface area contributed by atoms with Crippen molar-refractivity contribution in [3.8, 4) is 0 Å². The maximum atomic E-state index is 5.37. The van der Waals surface area contributed by atoms with Crippen LogP contribution in [0, 0.1) is 0 Å². The number of nitrogens with zero attached hydrogens (tertiary/aromatic N) is 1. The Bertz CT molecular complexity index is 84.5. The van der Waals surface area contributed by atoms with Crippen molar-refractivity contribution < 1.29 is 0 Å². The highest BCUT2D eigenvalue weighted by Gasteiger charge is 1.90. The zero-order chi connectivity index (χ0) is 6.57. The van der Waals surface area contributed by atoms with E-state index < -0.39 is 0 Å². The average Bonchev–Trinajstić information content (AvgIpc) is 1.69. The van der Waals surface area contributed by atoms with Gasteiger partial charge >= 0.3 is 0 Å². The molecule has 48 valence electrons. The van der Waals surface area contributed by atoms with Crippen molar-refractivity contribution in [1.82, 2.24) is 4.90 Å². The first-order chi connectivity index (χ1) is 3.72. The highest BCUT2D eigenvalue weighted by Crippen LogP contribution is 1.92. The Hall–Kier alpha value is -0.500. The number of hydrogen-bond donors (Lipinski definition) is 1. The monoisotopic (exact) mass is 114 g/mol. The molecule has 0 saturated carbocycles. The third kappa shape index (κ3) is 1.98. The van der Waals surface area contributed by atoms with Crippen molar-refractivity contribution in [3.05, 3.63) is 11.8 Å². The summed E-state index contributed by atoms with van der Waals surface area (Å²) in [5.41, 5.74) is 6.55. The summed E-state index contributed by atoms with van der Waals surface area (Å²) in [7, 11) is 3.98. The van der Waals surface area contributed by atoms with Crippen molar-refractivity contribution in [3.63, 3.8) is 0 Å². The molecule has 0 spiro atoms. The Balaban J connectivity index is 3.72. The number of allylic oxidation sites excluding steroid dienone is 1. The van der Waals surface area contributed by atoms with Crippen LogP contribution in [0.1, 0.15) is 6.92 Å². The first kappa shape index (κ1) is 7.50. The molecule has 0 aromatic rings. The van der Waals surface area contributed by atoms with E-state index in [1.165, 1.54) is 5.70 Å². The van der Waals surface area contributed by atoms with Crippen molar-refractivity contribution in [2.75, 3.05) is 20.6 Å². The molecule has 0 amide bonds. The molecule has 0 aliphatic rings. The van der Waals surface area contributed by atoms with Gasteiger partial charge in [-0.05, 0) is 6.92 Å². The van der Waals surface area contributed by atoms with E-state index in [1.807, 2.05) is 32.0 Å². The van der Waals surface area contributed by atoms with Gasteiger partial charge in [-0.25, -0.2) is 0 Å². The molecule has 0 atom stereocenters. The summed E-state index contributed by atoms with van der Waals surface area (Å²) in [6.07, 6.45) is 2.01. The molecule has 0 aliphatic heterocycles. The molecule has 0 heterocycles. The molecule has 0 unspecified atom stereocenters. The lowest BCUT2D eigenvalue weighted by molar-refractivity contribution is 0.501. The van der Waals surface area contributed by atoms with Gasteiger partial charge in [0.05, 0.1) is 0 Å². The van der Waals surface area contributed by atoms with Gasteiger partial charge in [0.1, 0.15) is 0 Å². The summed E-state index contributed by atoms with van der Waals surface area (Å²) in [5, 5.41) is 0. The van der Waals surface area contributed by atoms with Crippen LogP contribution in [0.4, 0.5) is 0 Å². The van der Waals surface area contributed by atoms with Gasteiger partial charge in [-0.3, -0.25) is 0 Å². The molecule has 0 saturated heterocycles. The quantitative estimate of drug-likeness (QED) is 0.563. The van der Waals surface area contributed by atoms with E-state index in [2.05, 4.69) is 0 Å². The average molecular weight is 114 g/mol. The molecular formula is C6H14N2. The molecule has 0 rings (SSSR count). The van der Waals surface area contributed by atoms with Crippen LogP contribution in [0.5, 0.6) is 0 Å². The lowest BCUT2D eigenvalue weighted by Crippen LogP contribution is -2.18. The Morgan fingerprint density at radius 2 is 2.12 bits per heavy atom. The van der Waals surface area contributed by atoms with E-state index in [-0.39, 0.29) is 0 Å². The number of hydrogen-bond acceptors (Lipinski definition) is 2. The minimum atomic E-state index is 0.628. The fourth-order valence-corrected chi connectivity index (χ4v) is 0.559. The third-order valence-electron chi connectivity index (χ3n) is 1.12. The van der Waals surface area contributed by atoms with Crippen molar-refractivity contribution in [1.29, 1.82) is 0 Å². The summed E-state index contributed by atoms with van der Waals surface area (Å²) in [5.74, 6) is 0. The lowest BCUT2D eigenvalue weighted by Gasteiger charge is -2.13. The Morgan fingerprint density at radius 3 is 2.12 bits per heavy atom. The lowest BCUT2D eigenvalue weighted by atomic mass is 10.4. The van der Waals surface area contributed by atoms with E-state index in [1.54, 1.807) is 0 Å². The SMILES string of the molecule is C/C=C(/CN)N(C)C. The Labute approximate surface area is 51.0 Å². The minimum Gasteiger partial charge on any atom is -0.380 e. The predicted octanol–water partition coefficient (Wildman–Crippen LogP) is 0.410. The van der Waals surface area contributed by atoms with E-state index in [9.17, 15) is 0 Å². The summed E-state index contributed by atoms with van der Waals surface area (Å²) >= 11 is 0. The first-order valence-corrected chi connectivity index (χ1v) is 2.75. The van der Waals surface area contributed by atoms with Crippen LogP contribution in [-0.2, 0) is 0 Å². The van der Waals surface area contributed by atoms with Gasteiger partial charge in [0.2, 0.25) is 0 Å². The topological polar surface area (TPSA) is 29.3 Å². The third-order valence-corrected chi connectivity index (χ3v) is 1.12. The molecule has 0 bridgehead atoms. The Morgan fingerprint density at radius 1 is 1.62 bits per heavy atom. The van der Waals surface area contributed by atoms with Gasteiger partial charge in [0.15, 0.2) is 0 Å². The summed E-state index contributed by atoms with van der Waals surface area (Å²) in [6, 6.07) is 0. The smallest absolute Gasteiger partial charge is 0.0327 e. The van der Waals surface area contributed by atoms with Crippen LogP contribution >= 0.6 is 0 Å². The minimum absolute atomic E-state index is 0.628. The van der Waals surface area contributed by atoms with Crippen molar-refractivity contribution in [2.24, 2.45) is 5.73 Å². The molecule has 0 aromatic heterocycles. The van der Waals surface area contributed by atoms with Gasteiger partial charge in [0, 0.05) is 26.3 Å². The van der Waals surface area contributed by atoms with Crippen molar-refractivity contribution >= 4 is 0 Å². The summed E-state index contributed by atoms with van der Waals surface area (Å²) in [4.78, 5) is 2.01. The largest absolute Gasteiger partial charge is 0.380 e. The van der Waals surface area contributed by atoms with Gasteiger partial charge < -0.3 is 10.6 Å². The maximum Gasteiger partial charge on any atom is 0.0327 e. The fraction of sp³-hybridized carbons (Fsp3) is 0.667. The molecule has 2 heteroatoms. The summed E-state index contributed by atoms with van der Waals surface area (Å²) < 4.78 is 0. The van der Waals surface area contributed by atoms with Crippen LogP contribution < -0.4 is 5.73 Å². The number of likely N-dealkylation sites (N-methyl/N-ethyl adjacent to an activating group) is 1. The molecule has 0 aromatic carbocycles. The number of rotatable bonds is 2. The van der Waals surface area contributed by atoms with Crippen LogP contribution in [0.2, 0.25) is 0 Å². The molecule has 8 heavy (non-hydrogen) atoms. The standard InChI is InChI=1S/C6H14N2/c1-4-6(5-7)8(2)3/h4H,5,7H2,1-3H3/b6-4-. The fourth-order valence-electron chi connectivity index (χ4n) is 0.559. The molecule has 2 nitrogen and oxygen atoms in total. The summed E-state index contributed by atoms with van der Waals surface area (Å²) in [6.45, 7) is 2.62. The second-order valence-corrected chi connectivity index (χ2v) is 1.88. The van der Waals surface area contributed by atoms with E-state index >= 15 is 0 Å². The molecule has 0 aliphatic carbocycles. The van der Waals surface area contributed by atoms with Gasteiger partial charge in [0.25, 0.3) is 0 Å². The second kappa shape index (κ2) is 3.50. The van der Waals surface area contributed by atoms with Crippen LogP contribution in [-0.4, -0.2) is 25.5 Å². The predicted molar refractivity (Wildman–Crippen MR) is 36.5 cm³/mol. The maximum absolute atomic E-state index is 5.37. The first-order valence-electron chi connectivity index (χ1n) is 2.75. The highest BCUT2D eigenvalue weighted by atomic mass is 15.1. The molecule has 0 fully saturated rings. The van der Waals surface area contributed by atoms with Crippen LogP contribution in [0.25, 0.3) is 0 Å². The van der Waals surface area contributed by atoms with Crippen molar-refractivity contribution in [2.45, 2.75) is 6.92 Å². The zero-order valence-corrected chi connectivity index (χ0v) is 5.81. The van der Waals surface area contributed by atoms with Crippen LogP contribution in [0.15, 0.2) is 11.8 Å². The van der Waals surface area contributed by atoms with Gasteiger partial charge in [-0.15, -0.1) is 0 Å². The Kier molecular flexibility index (Phi) is 3.28. The normalized spacial score (nSPS) is 11.8. The molecule has 2 N–H and O–H groups in total. The van der Waals surface area contributed by atoms with E-state index in [4.69, 9.17) is 5.73 Å². The van der Waals surface area contributed by atoms with E-state index in [0.29, 0.717) is 6.54 Å².